The molecule has 1 aromatic carbocycles. The maximum Gasteiger partial charge on any atom is 0.358 e. The highest BCUT2D eigenvalue weighted by Gasteiger charge is 2.16. The quantitative estimate of drug-likeness (QED) is 0.700. The molecule has 0 radical (unpaired) electrons. The van der Waals surface area contributed by atoms with Crippen molar-refractivity contribution in [3.63, 3.8) is 0 Å². The number of carboxylic acids is 1. The van der Waals surface area contributed by atoms with Crippen molar-refractivity contribution in [2.45, 2.75) is 6.92 Å². The number of aromatic carboxylic acids is 1. The summed E-state index contributed by atoms with van der Waals surface area (Å²) in [5.41, 5.74) is 2.62. The number of nitrogens with zero attached hydrogens (tertiary/aromatic N) is 3. The van der Waals surface area contributed by atoms with Crippen molar-refractivity contribution in [1.29, 1.82) is 0 Å². The molecule has 2 aromatic heterocycles. The molecule has 124 valence electrons. The normalized spacial score (nSPS) is 10.9. The van der Waals surface area contributed by atoms with Crippen LogP contribution >= 0.6 is 0 Å². The Kier molecular flexibility index (Phi) is 4.43. The molecule has 3 rings (SSSR count). The molecule has 1 N–H and O–H groups in total. The molecule has 2 heterocycles. The van der Waals surface area contributed by atoms with Gasteiger partial charge in [0.15, 0.2) is 11.3 Å². The number of carbonyl (C=O) groups is 1. The molecule has 0 aliphatic carbocycles. The summed E-state index contributed by atoms with van der Waals surface area (Å²) in [7, 11) is 1.62. The fraction of sp³-hybridized carbons (Fsp3) is 0.235. The molecule has 3 aromatic rings. The second-order valence-corrected chi connectivity index (χ2v) is 5.24. The van der Waals surface area contributed by atoms with Crippen LogP contribution in [0.1, 0.15) is 16.2 Å². The predicted molar refractivity (Wildman–Crippen MR) is 87.5 cm³/mol. The highest BCUT2D eigenvalue weighted by molar-refractivity contribution is 5.92. The molecule has 7 nitrogen and oxygen atoms in total. The lowest BCUT2D eigenvalue weighted by Gasteiger charge is -2.09. The lowest BCUT2D eigenvalue weighted by molar-refractivity contribution is 0.0693. The van der Waals surface area contributed by atoms with Crippen LogP contribution in [0.3, 0.4) is 0 Å². The van der Waals surface area contributed by atoms with E-state index in [0.29, 0.717) is 30.3 Å². The van der Waals surface area contributed by atoms with E-state index in [9.17, 15) is 9.90 Å². The number of imidazole rings is 1. The van der Waals surface area contributed by atoms with Gasteiger partial charge in [0.2, 0.25) is 0 Å². The van der Waals surface area contributed by atoms with Crippen LogP contribution in [0.15, 0.2) is 36.7 Å². The van der Waals surface area contributed by atoms with E-state index in [4.69, 9.17) is 9.47 Å². The van der Waals surface area contributed by atoms with Crippen LogP contribution in [0.5, 0.6) is 5.75 Å². The molecule has 0 unspecified atom stereocenters. The van der Waals surface area contributed by atoms with E-state index >= 15 is 0 Å². The average molecular weight is 327 g/mol. The molecule has 24 heavy (non-hydrogen) atoms. The second-order valence-electron chi connectivity index (χ2n) is 5.24. The SMILES string of the molecule is COCCOc1cccc(-c2cc(C)n3cnc(C(=O)O)c3n2)c1. The predicted octanol–water partition coefficient (Wildman–Crippen LogP) is 2.43. The molecular weight excluding hydrogens is 310 g/mol. The van der Waals surface area contributed by atoms with Gasteiger partial charge in [0, 0.05) is 18.4 Å². The van der Waals surface area contributed by atoms with E-state index in [1.165, 1.54) is 6.33 Å². The minimum absolute atomic E-state index is 0.0625. The van der Waals surface area contributed by atoms with Crippen LogP contribution in [0, 0.1) is 6.92 Å². The summed E-state index contributed by atoms with van der Waals surface area (Å²) < 4.78 is 12.2. The summed E-state index contributed by atoms with van der Waals surface area (Å²) in [4.78, 5) is 19.7. The largest absolute Gasteiger partial charge is 0.491 e. The molecule has 0 saturated heterocycles. The number of methoxy groups -OCH3 is 1. The van der Waals surface area contributed by atoms with Crippen molar-refractivity contribution in [1.82, 2.24) is 14.4 Å². The minimum atomic E-state index is -1.10. The summed E-state index contributed by atoms with van der Waals surface area (Å²) >= 11 is 0. The van der Waals surface area contributed by atoms with Gasteiger partial charge in [0.05, 0.1) is 12.3 Å². The molecule has 0 aliphatic rings. The Hall–Kier alpha value is -2.93. The third kappa shape index (κ3) is 3.07. The molecular formula is C17H17N3O4. The molecule has 0 atom stereocenters. The number of hydrogen-bond donors (Lipinski definition) is 1. The van der Waals surface area contributed by atoms with Crippen LogP contribution < -0.4 is 4.74 Å². The van der Waals surface area contributed by atoms with Crippen molar-refractivity contribution < 1.29 is 19.4 Å². The molecule has 7 heteroatoms. The number of aromatic nitrogens is 3. The van der Waals surface area contributed by atoms with Gasteiger partial charge in [-0.3, -0.25) is 4.40 Å². The molecule has 0 aliphatic heterocycles. The van der Waals surface area contributed by atoms with Gasteiger partial charge in [-0.25, -0.2) is 14.8 Å². The zero-order valence-corrected chi connectivity index (χ0v) is 13.4. The van der Waals surface area contributed by atoms with E-state index < -0.39 is 5.97 Å². The summed E-state index contributed by atoms with van der Waals surface area (Å²) in [5.74, 6) is -0.394. The Morgan fingerprint density at radius 1 is 1.29 bits per heavy atom. The molecule has 0 amide bonds. The Morgan fingerprint density at radius 3 is 2.88 bits per heavy atom. The lowest BCUT2D eigenvalue weighted by atomic mass is 10.1. The first-order valence-corrected chi connectivity index (χ1v) is 7.40. The van der Waals surface area contributed by atoms with Crippen LogP contribution in [0.2, 0.25) is 0 Å². The first kappa shape index (κ1) is 15.9. The fourth-order valence-electron chi connectivity index (χ4n) is 2.41. The maximum atomic E-state index is 11.3. The van der Waals surface area contributed by atoms with Gasteiger partial charge < -0.3 is 14.6 Å². The molecule has 0 saturated carbocycles. The molecule has 0 spiro atoms. The first-order chi connectivity index (χ1) is 11.6. The number of benzene rings is 1. The smallest absolute Gasteiger partial charge is 0.358 e. The number of carboxylic acid groups (broad SMARTS) is 1. The van der Waals surface area contributed by atoms with Gasteiger partial charge in [0.25, 0.3) is 0 Å². The van der Waals surface area contributed by atoms with E-state index in [1.54, 1.807) is 11.5 Å². The van der Waals surface area contributed by atoms with E-state index in [0.717, 1.165) is 11.3 Å². The number of rotatable bonds is 6. The van der Waals surface area contributed by atoms with Gasteiger partial charge in [-0.2, -0.15) is 0 Å². The molecule has 0 fully saturated rings. The zero-order chi connectivity index (χ0) is 17.1. The fourth-order valence-corrected chi connectivity index (χ4v) is 2.41. The number of hydrogen-bond acceptors (Lipinski definition) is 5. The van der Waals surface area contributed by atoms with Crippen molar-refractivity contribution in [3.05, 3.63) is 48.0 Å². The highest BCUT2D eigenvalue weighted by atomic mass is 16.5. The molecule has 0 bridgehead atoms. The van der Waals surface area contributed by atoms with Crippen LogP contribution in [0.25, 0.3) is 16.9 Å². The van der Waals surface area contributed by atoms with Gasteiger partial charge in [-0.15, -0.1) is 0 Å². The lowest BCUT2D eigenvalue weighted by Crippen LogP contribution is -2.04. The summed E-state index contributed by atoms with van der Waals surface area (Å²) in [6.45, 7) is 2.84. The third-order valence-electron chi connectivity index (χ3n) is 3.58. The summed E-state index contributed by atoms with van der Waals surface area (Å²) in [6.07, 6.45) is 1.47. The Balaban J connectivity index is 2.01. The van der Waals surface area contributed by atoms with Crippen LogP contribution in [-0.2, 0) is 4.74 Å². The Bertz CT molecular complexity index is 889. The topological polar surface area (TPSA) is 86.0 Å². The van der Waals surface area contributed by atoms with E-state index in [2.05, 4.69) is 9.97 Å². The van der Waals surface area contributed by atoms with Crippen molar-refractivity contribution >= 4 is 11.6 Å². The van der Waals surface area contributed by atoms with Crippen molar-refractivity contribution in [2.24, 2.45) is 0 Å². The van der Waals surface area contributed by atoms with Gasteiger partial charge in [-0.05, 0) is 25.1 Å². The monoisotopic (exact) mass is 327 g/mol. The number of fused-ring (bicyclic) bond motifs is 1. The van der Waals surface area contributed by atoms with Crippen LogP contribution in [0.4, 0.5) is 0 Å². The van der Waals surface area contributed by atoms with Gasteiger partial charge in [-0.1, -0.05) is 12.1 Å². The minimum Gasteiger partial charge on any atom is -0.491 e. The van der Waals surface area contributed by atoms with Crippen molar-refractivity contribution in [3.8, 4) is 17.0 Å². The Labute approximate surface area is 138 Å². The van der Waals surface area contributed by atoms with E-state index in [-0.39, 0.29) is 5.69 Å². The average Bonchev–Trinajstić information content (AvgIpc) is 3.00. The summed E-state index contributed by atoms with van der Waals surface area (Å²) in [5, 5.41) is 9.24. The van der Waals surface area contributed by atoms with E-state index in [1.807, 2.05) is 37.3 Å². The first-order valence-electron chi connectivity index (χ1n) is 7.40. The standard InChI is InChI=1S/C17H17N3O4/c1-11-8-14(19-16-15(17(21)22)18-10-20(11)16)12-4-3-5-13(9-12)24-7-6-23-2/h3-5,8-10H,6-7H2,1-2H3,(H,21,22). The Morgan fingerprint density at radius 2 is 2.12 bits per heavy atom. The summed E-state index contributed by atoms with van der Waals surface area (Å²) in [6, 6.07) is 9.37. The number of ether oxygens (including phenoxy) is 2. The van der Waals surface area contributed by atoms with Crippen molar-refractivity contribution in [2.75, 3.05) is 20.3 Å². The van der Waals surface area contributed by atoms with Gasteiger partial charge >= 0.3 is 5.97 Å². The maximum absolute atomic E-state index is 11.3. The van der Waals surface area contributed by atoms with Gasteiger partial charge in [0.1, 0.15) is 18.7 Å². The number of aryl methyl sites for hydroxylation is 1. The van der Waals surface area contributed by atoms with Crippen LogP contribution in [-0.4, -0.2) is 45.8 Å². The third-order valence-corrected chi connectivity index (χ3v) is 3.58. The highest BCUT2D eigenvalue weighted by Crippen LogP contribution is 2.24. The zero-order valence-electron chi connectivity index (χ0n) is 13.4. The second kappa shape index (κ2) is 6.67.